The minimum absolute atomic E-state index is 0.118. The summed E-state index contributed by atoms with van der Waals surface area (Å²) in [5.74, 6) is -0.118. The summed E-state index contributed by atoms with van der Waals surface area (Å²) in [5, 5.41) is 2.71. The largest absolute Gasteiger partial charge is 0.369 e. The Kier molecular flexibility index (Phi) is 3.96. The molecule has 0 aromatic heterocycles. The van der Waals surface area contributed by atoms with Crippen LogP contribution < -0.4 is 5.32 Å². The molecule has 0 aliphatic carbocycles. The quantitative estimate of drug-likeness (QED) is 0.643. The second-order valence-electron chi connectivity index (χ2n) is 3.35. The van der Waals surface area contributed by atoms with Crippen LogP contribution in [0.2, 0.25) is 0 Å². The Bertz CT molecular complexity index is 185. The molecule has 0 aromatic carbocycles. The third-order valence-corrected chi connectivity index (χ3v) is 1.61. The van der Waals surface area contributed by atoms with Crippen molar-refractivity contribution in [3.63, 3.8) is 0 Å². The van der Waals surface area contributed by atoms with Crippen LogP contribution in [0.4, 0.5) is 0 Å². The molecule has 0 unspecified atom stereocenters. The zero-order valence-corrected chi connectivity index (χ0v) is 8.23. The molecule has 1 N–H and O–H groups in total. The summed E-state index contributed by atoms with van der Waals surface area (Å²) in [5.41, 5.74) is 0.172. The molecule has 3 heteroatoms. The van der Waals surface area contributed by atoms with Gasteiger partial charge in [-0.15, -0.1) is 0 Å². The van der Waals surface area contributed by atoms with E-state index >= 15 is 0 Å². The summed E-state index contributed by atoms with van der Waals surface area (Å²) in [6.45, 7) is 9.49. The summed E-state index contributed by atoms with van der Waals surface area (Å²) in [7, 11) is 1.51. The van der Waals surface area contributed by atoms with Gasteiger partial charge in [-0.3, -0.25) is 4.79 Å². The van der Waals surface area contributed by atoms with Crippen molar-refractivity contribution in [3.05, 3.63) is 12.2 Å². The van der Waals surface area contributed by atoms with Gasteiger partial charge in [-0.05, 0) is 20.8 Å². The monoisotopic (exact) mass is 171 g/mol. The standard InChI is InChI=1S/C9H17NO2/c1-7(2)6-10-8(11)9(3,4)12-5/h1,6H2,2-5H3,(H,10,11). The highest BCUT2D eigenvalue weighted by Gasteiger charge is 2.26. The van der Waals surface area contributed by atoms with E-state index < -0.39 is 5.60 Å². The van der Waals surface area contributed by atoms with Crippen LogP contribution in [0.15, 0.2) is 12.2 Å². The molecular weight excluding hydrogens is 154 g/mol. The van der Waals surface area contributed by atoms with Crippen molar-refractivity contribution in [2.24, 2.45) is 0 Å². The summed E-state index contributed by atoms with van der Waals surface area (Å²) in [6.07, 6.45) is 0. The first kappa shape index (κ1) is 11.2. The maximum atomic E-state index is 11.3. The third-order valence-electron chi connectivity index (χ3n) is 1.61. The highest BCUT2D eigenvalue weighted by atomic mass is 16.5. The number of rotatable bonds is 4. The van der Waals surface area contributed by atoms with Crippen LogP contribution in [0.3, 0.4) is 0 Å². The highest BCUT2D eigenvalue weighted by Crippen LogP contribution is 2.06. The van der Waals surface area contributed by atoms with Crippen molar-refractivity contribution in [1.29, 1.82) is 0 Å². The van der Waals surface area contributed by atoms with Crippen LogP contribution in [-0.4, -0.2) is 25.2 Å². The summed E-state index contributed by atoms with van der Waals surface area (Å²) in [6, 6.07) is 0. The van der Waals surface area contributed by atoms with Crippen molar-refractivity contribution >= 4 is 5.91 Å². The van der Waals surface area contributed by atoms with Gasteiger partial charge >= 0.3 is 0 Å². The summed E-state index contributed by atoms with van der Waals surface area (Å²) < 4.78 is 4.99. The minimum atomic E-state index is -0.755. The number of hydrogen-bond donors (Lipinski definition) is 1. The lowest BCUT2D eigenvalue weighted by atomic mass is 10.1. The van der Waals surface area contributed by atoms with Gasteiger partial charge in [0.05, 0.1) is 0 Å². The van der Waals surface area contributed by atoms with Gasteiger partial charge in [-0.1, -0.05) is 12.2 Å². The van der Waals surface area contributed by atoms with Crippen molar-refractivity contribution in [3.8, 4) is 0 Å². The molecule has 0 saturated heterocycles. The topological polar surface area (TPSA) is 38.3 Å². The Hall–Kier alpha value is -0.830. The van der Waals surface area contributed by atoms with E-state index in [0.29, 0.717) is 6.54 Å². The molecule has 0 aliphatic heterocycles. The van der Waals surface area contributed by atoms with Crippen LogP contribution in [0, 0.1) is 0 Å². The normalized spacial score (nSPS) is 11.0. The molecule has 70 valence electrons. The maximum Gasteiger partial charge on any atom is 0.251 e. The molecule has 0 bridgehead atoms. The first-order valence-corrected chi connectivity index (χ1v) is 3.88. The number of hydrogen-bond acceptors (Lipinski definition) is 2. The summed E-state index contributed by atoms with van der Waals surface area (Å²) >= 11 is 0. The van der Waals surface area contributed by atoms with Crippen molar-refractivity contribution < 1.29 is 9.53 Å². The molecule has 0 saturated carbocycles. The lowest BCUT2D eigenvalue weighted by Gasteiger charge is -2.21. The molecule has 0 aliphatic rings. The molecule has 3 nitrogen and oxygen atoms in total. The number of carbonyl (C=O) groups is 1. The molecule has 0 fully saturated rings. The Morgan fingerprint density at radius 2 is 2.08 bits per heavy atom. The van der Waals surface area contributed by atoms with E-state index in [1.54, 1.807) is 13.8 Å². The number of nitrogens with one attached hydrogen (secondary N) is 1. The number of ether oxygens (including phenoxy) is 1. The molecule has 0 rings (SSSR count). The predicted octanol–water partition coefficient (Wildman–Crippen LogP) is 1.10. The Morgan fingerprint density at radius 1 is 1.58 bits per heavy atom. The second kappa shape index (κ2) is 4.26. The molecule has 0 atom stereocenters. The summed E-state index contributed by atoms with van der Waals surface area (Å²) in [4.78, 5) is 11.3. The fraction of sp³-hybridized carbons (Fsp3) is 0.667. The average Bonchev–Trinajstić information content (AvgIpc) is 2.00. The van der Waals surface area contributed by atoms with Gasteiger partial charge in [0, 0.05) is 13.7 Å². The van der Waals surface area contributed by atoms with Gasteiger partial charge in [-0.2, -0.15) is 0 Å². The first-order chi connectivity index (χ1) is 5.40. The van der Waals surface area contributed by atoms with E-state index in [1.165, 1.54) is 7.11 Å². The zero-order chi connectivity index (χ0) is 9.78. The third kappa shape index (κ3) is 3.53. The van der Waals surface area contributed by atoms with Crippen LogP contribution in [0.1, 0.15) is 20.8 Å². The minimum Gasteiger partial charge on any atom is -0.369 e. The molecule has 0 radical (unpaired) electrons. The van der Waals surface area contributed by atoms with E-state index in [4.69, 9.17) is 4.74 Å². The molecule has 12 heavy (non-hydrogen) atoms. The SMILES string of the molecule is C=C(C)CNC(=O)C(C)(C)OC. The van der Waals surface area contributed by atoms with Gasteiger partial charge in [0.2, 0.25) is 0 Å². The Balaban J connectivity index is 3.96. The smallest absolute Gasteiger partial charge is 0.251 e. The van der Waals surface area contributed by atoms with Gasteiger partial charge in [0.15, 0.2) is 0 Å². The van der Waals surface area contributed by atoms with Crippen LogP contribution in [0.5, 0.6) is 0 Å². The Labute approximate surface area is 73.8 Å². The highest BCUT2D eigenvalue weighted by molar-refractivity contribution is 5.84. The second-order valence-corrected chi connectivity index (χ2v) is 3.35. The van der Waals surface area contributed by atoms with Gasteiger partial charge in [-0.25, -0.2) is 0 Å². The lowest BCUT2D eigenvalue weighted by Crippen LogP contribution is -2.43. The predicted molar refractivity (Wildman–Crippen MR) is 48.9 cm³/mol. The van der Waals surface area contributed by atoms with Crippen molar-refractivity contribution in [2.75, 3.05) is 13.7 Å². The number of amides is 1. The molecular formula is C9H17NO2. The fourth-order valence-corrected chi connectivity index (χ4v) is 0.537. The van der Waals surface area contributed by atoms with Crippen LogP contribution in [-0.2, 0) is 9.53 Å². The van der Waals surface area contributed by atoms with Gasteiger partial charge in [0.1, 0.15) is 5.60 Å². The molecule has 1 amide bonds. The van der Waals surface area contributed by atoms with Crippen molar-refractivity contribution in [1.82, 2.24) is 5.32 Å². The van der Waals surface area contributed by atoms with E-state index in [-0.39, 0.29) is 5.91 Å². The number of methoxy groups -OCH3 is 1. The zero-order valence-electron chi connectivity index (χ0n) is 8.23. The Morgan fingerprint density at radius 3 is 2.42 bits per heavy atom. The maximum absolute atomic E-state index is 11.3. The van der Waals surface area contributed by atoms with E-state index in [1.807, 2.05) is 6.92 Å². The van der Waals surface area contributed by atoms with Crippen LogP contribution in [0.25, 0.3) is 0 Å². The van der Waals surface area contributed by atoms with Crippen molar-refractivity contribution in [2.45, 2.75) is 26.4 Å². The van der Waals surface area contributed by atoms with E-state index in [0.717, 1.165) is 5.57 Å². The van der Waals surface area contributed by atoms with E-state index in [9.17, 15) is 4.79 Å². The lowest BCUT2D eigenvalue weighted by molar-refractivity contribution is -0.139. The first-order valence-electron chi connectivity index (χ1n) is 3.88. The van der Waals surface area contributed by atoms with Gasteiger partial charge in [0.25, 0.3) is 5.91 Å². The molecule has 0 spiro atoms. The van der Waals surface area contributed by atoms with E-state index in [2.05, 4.69) is 11.9 Å². The molecule has 0 aromatic rings. The molecule has 0 heterocycles. The number of carbonyl (C=O) groups excluding carboxylic acids is 1. The average molecular weight is 171 g/mol. The fourth-order valence-electron chi connectivity index (χ4n) is 0.537. The van der Waals surface area contributed by atoms with Gasteiger partial charge < -0.3 is 10.1 Å². The van der Waals surface area contributed by atoms with Crippen LogP contribution >= 0.6 is 0 Å².